The van der Waals surface area contributed by atoms with E-state index in [9.17, 15) is 9.59 Å². The number of anilines is 1. The van der Waals surface area contributed by atoms with E-state index in [0.29, 0.717) is 21.4 Å². The van der Waals surface area contributed by atoms with Crippen LogP contribution < -0.4 is 5.32 Å². The van der Waals surface area contributed by atoms with Crippen LogP contribution in [0.1, 0.15) is 37.5 Å². The van der Waals surface area contributed by atoms with E-state index < -0.39 is 0 Å². The van der Waals surface area contributed by atoms with Crippen molar-refractivity contribution in [3.63, 3.8) is 0 Å². The summed E-state index contributed by atoms with van der Waals surface area (Å²) >= 11 is 2.62. The standard InChI is InChI=1S/C21H19N3O3S2/c1-4-27-21(26)18-12(2)10-17(29-18)22-19(25)16-11-15-13(3)23-24(20(15)28-16)14-8-6-5-7-9-14/h5-11H,4H2,1-3H3,(H,22,25). The minimum absolute atomic E-state index is 0.207. The lowest BCUT2D eigenvalue weighted by molar-refractivity contribution is 0.0531. The third kappa shape index (κ3) is 3.68. The minimum Gasteiger partial charge on any atom is -0.462 e. The van der Waals surface area contributed by atoms with E-state index in [1.165, 1.54) is 22.7 Å². The fourth-order valence-electron chi connectivity index (χ4n) is 3.02. The lowest BCUT2D eigenvalue weighted by Crippen LogP contribution is -2.08. The van der Waals surface area contributed by atoms with Crippen molar-refractivity contribution in [3.05, 3.63) is 63.5 Å². The Bertz CT molecular complexity index is 1200. The molecule has 1 amide bonds. The van der Waals surface area contributed by atoms with Gasteiger partial charge in [-0.1, -0.05) is 18.2 Å². The Labute approximate surface area is 175 Å². The summed E-state index contributed by atoms with van der Waals surface area (Å²) in [5, 5.41) is 9.08. The number of thiophene rings is 2. The van der Waals surface area contributed by atoms with Crippen LogP contribution in [-0.2, 0) is 4.74 Å². The van der Waals surface area contributed by atoms with Gasteiger partial charge in [0.2, 0.25) is 0 Å². The fourth-order valence-corrected chi connectivity index (χ4v) is 5.06. The van der Waals surface area contributed by atoms with Gasteiger partial charge in [0.1, 0.15) is 9.71 Å². The highest BCUT2D eigenvalue weighted by Crippen LogP contribution is 2.32. The maximum absolute atomic E-state index is 12.8. The van der Waals surface area contributed by atoms with Crippen LogP contribution in [-0.4, -0.2) is 28.3 Å². The number of nitrogens with one attached hydrogen (secondary N) is 1. The van der Waals surface area contributed by atoms with Gasteiger partial charge in [-0.05, 0) is 50.6 Å². The molecule has 0 fully saturated rings. The van der Waals surface area contributed by atoms with E-state index in [4.69, 9.17) is 4.74 Å². The molecular weight excluding hydrogens is 406 g/mol. The first-order chi connectivity index (χ1) is 14.0. The first kappa shape index (κ1) is 19.4. The monoisotopic (exact) mass is 425 g/mol. The lowest BCUT2D eigenvalue weighted by atomic mass is 10.3. The number of hydrogen-bond acceptors (Lipinski definition) is 6. The summed E-state index contributed by atoms with van der Waals surface area (Å²) in [5.41, 5.74) is 2.61. The second-order valence-electron chi connectivity index (χ2n) is 6.46. The van der Waals surface area contributed by atoms with Crippen LogP contribution in [0, 0.1) is 13.8 Å². The number of fused-ring (bicyclic) bond motifs is 1. The number of para-hydroxylation sites is 1. The van der Waals surface area contributed by atoms with Gasteiger partial charge in [-0.2, -0.15) is 5.10 Å². The Morgan fingerprint density at radius 3 is 2.62 bits per heavy atom. The molecule has 8 heteroatoms. The molecule has 0 saturated carbocycles. The van der Waals surface area contributed by atoms with E-state index in [1.54, 1.807) is 13.0 Å². The molecule has 0 aliphatic heterocycles. The Balaban J connectivity index is 1.62. The van der Waals surface area contributed by atoms with Gasteiger partial charge in [0, 0.05) is 5.39 Å². The zero-order valence-electron chi connectivity index (χ0n) is 16.2. The second kappa shape index (κ2) is 7.81. The maximum Gasteiger partial charge on any atom is 0.348 e. The number of aryl methyl sites for hydroxylation is 2. The molecular formula is C21H19N3O3S2. The summed E-state index contributed by atoms with van der Waals surface area (Å²) in [6.07, 6.45) is 0. The van der Waals surface area contributed by atoms with Gasteiger partial charge >= 0.3 is 5.97 Å². The molecule has 0 unspecified atom stereocenters. The van der Waals surface area contributed by atoms with Crippen molar-refractivity contribution in [2.45, 2.75) is 20.8 Å². The van der Waals surface area contributed by atoms with Gasteiger partial charge in [0.25, 0.3) is 5.91 Å². The molecule has 3 aromatic heterocycles. The van der Waals surface area contributed by atoms with E-state index in [-0.39, 0.29) is 11.9 Å². The number of carbonyl (C=O) groups excluding carboxylic acids is 2. The Morgan fingerprint density at radius 2 is 1.90 bits per heavy atom. The van der Waals surface area contributed by atoms with E-state index >= 15 is 0 Å². The topological polar surface area (TPSA) is 73.2 Å². The Hall–Kier alpha value is -2.97. The van der Waals surface area contributed by atoms with E-state index in [1.807, 2.05) is 54.9 Å². The fraction of sp³-hybridized carbons (Fsp3) is 0.190. The Morgan fingerprint density at radius 1 is 1.14 bits per heavy atom. The van der Waals surface area contributed by atoms with Crippen molar-refractivity contribution >= 4 is 49.8 Å². The second-order valence-corrected chi connectivity index (χ2v) is 8.54. The molecule has 0 saturated heterocycles. The minimum atomic E-state index is -0.365. The molecule has 0 spiro atoms. The molecule has 6 nitrogen and oxygen atoms in total. The highest BCUT2D eigenvalue weighted by molar-refractivity contribution is 7.21. The van der Waals surface area contributed by atoms with E-state index in [2.05, 4.69) is 10.4 Å². The molecule has 0 aliphatic rings. The van der Waals surface area contributed by atoms with Crippen molar-refractivity contribution in [3.8, 4) is 5.69 Å². The molecule has 4 aromatic rings. The molecule has 4 rings (SSSR count). The van der Waals surface area contributed by atoms with Gasteiger partial charge in [-0.15, -0.1) is 22.7 Å². The van der Waals surface area contributed by atoms with Gasteiger partial charge in [0.15, 0.2) is 0 Å². The number of nitrogens with zero attached hydrogens (tertiary/aromatic N) is 2. The first-order valence-electron chi connectivity index (χ1n) is 9.11. The number of ether oxygens (including phenoxy) is 1. The normalized spacial score (nSPS) is 11.0. The average molecular weight is 426 g/mol. The molecule has 0 bridgehead atoms. The van der Waals surface area contributed by atoms with Crippen molar-refractivity contribution in [1.29, 1.82) is 0 Å². The van der Waals surface area contributed by atoms with Gasteiger partial charge in [-0.25, -0.2) is 9.48 Å². The summed E-state index contributed by atoms with van der Waals surface area (Å²) < 4.78 is 6.92. The number of rotatable bonds is 5. The number of benzene rings is 1. The van der Waals surface area contributed by atoms with Crippen molar-refractivity contribution < 1.29 is 14.3 Å². The van der Waals surface area contributed by atoms with Crippen LogP contribution >= 0.6 is 22.7 Å². The van der Waals surface area contributed by atoms with Gasteiger partial charge in [0.05, 0.1) is 27.9 Å². The summed E-state index contributed by atoms with van der Waals surface area (Å²) in [6, 6.07) is 13.5. The number of amides is 1. The lowest BCUT2D eigenvalue weighted by Gasteiger charge is -2.02. The molecule has 1 N–H and O–H groups in total. The van der Waals surface area contributed by atoms with Crippen LogP contribution in [0.15, 0.2) is 42.5 Å². The number of hydrogen-bond donors (Lipinski definition) is 1. The predicted molar refractivity (Wildman–Crippen MR) is 117 cm³/mol. The molecule has 0 radical (unpaired) electrons. The largest absolute Gasteiger partial charge is 0.462 e. The van der Waals surface area contributed by atoms with Crippen LogP contribution in [0.25, 0.3) is 15.9 Å². The molecule has 1 aromatic carbocycles. The average Bonchev–Trinajstić information content (AvgIpc) is 3.38. The van der Waals surface area contributed by atoms with Crippen molar-refractivity contribution in [2.24, 2.45) is 0 Å². The predicted octanol–water partition coefficient (Wildman–Crippen LogP) is 5.19. The Kier molecular flexibility index (Phi) is 5.21. The zero-order valence-corrected chi connectivity index (χ0v) is 17.8. The summed E-state index contributed by atoms with van der Waals surface area (Å²) in [4.78, 5) is 26.8. The summed E-state index contributed by atoms with van der Waals surface area (Å²) in [6.45, 7) is 5.85. The maximum atomic E-state index is 12.8. The highest BCUT2D eigenvalue weighted by atomic mass is 32.1. The van der Waals surface area contributed by atoms with Gasteiger partial charge in [-0.3, -0.25) is 4.79 Å². The smallest absolute Gasteiger partial charge is 0.348 e. The first-order valence-corrected chi connectivity index (χ1v) is 10.7. The molecule has 0 atom stereocenters. The van der Waals surface area contributed by atoms with Crippen LogP contribution in [0.4, 0.5) is 5.00 Å². The summed E-state index contributed by atoms with van der Waals surface area (Å²) in [7, 11) is 0. The summed E-state index contributed by atoms with van der Waals surface area (Å²) in [5.74, 6) is -0.571. The van der Waals surface area contributed by atoms with Gasteiger partial charge < -0.3 is 10.1 Å². The third-order valence-corrected chi connectivity index (χ3v) is 6.63. The van der Waals surface area contributed by atoms with Crippen molar-refractivity contribution in [1.82, 2.24) is 9.78 Å². The van der Waals surface area contributed by atoms with E-state index in [0.717, 1.165) is 27.2 Å². The molecule has 148 valence electrons. The molecule has 29 heavy (non-hydrogen) atoms. The highest BCUT2D eigenvalue weighted by Gasteiger charge is 2.20. The van der Waals surface area contributed by atoms with Crippen LogP contribution in [0.5, 0.6) is 0 Å². The third-order valence-electron chi connectivity index (χ3n) is 4.38. The molecule has 0 aliphatic carbocycles. The number of aromatic nitrogens is 2. The van der Waals surface area contributed by atoms with Crippen molar-refractivity contribution in [2.75, 3.05) is 11.9 Å². The zero-order chi connectivity index (χ0) is 20.5. The molecule has 3 heterocycles. The quantitative estimate of drug-likeness (QED) is 0.446. The SMILES string of the molecule is CCOC(=O)c1sc(NC(=O)c2cc3c(C)nn(-c4ccccc4)c3s2)cc1C. The number of carbonyl (C=O) groups is 2. The van der Waals surface area contributed by atoms with Crippen LogP contribution in [0.2, 0.25) is 0 Å². The number of esters is 1. The van der Waals surface area contributed by atoms with Crippen LogP contribution in [0.3, 0.4) is 0 Å².